The zero-order chi connectivity index (χ0) is 16.7. The molecule has 1 aliphatic rings. The Kier molecular flexibility index (Phi) is 4.59. The minimum atomic E-state index is -0.420. The summed E-state index contributed by atoms with van der Waals surface area (Å²) in [4.78, 5) is 17.7. The molecule has 8 nitrogen and oxygen atoms in total. The number of nitro benzene ring substituents is 1. The van der Waals surface area contributed by atoms with Gasteiger partial charge < -0.3 is 20.9 Å². The van der Waals surface area contributed by atoms with Crippen LogP contribution in [0.15, 0.2) is 15.0 Å². The molecule has 0 amide bonds. The van der Waals surface area contributed by atoms with Crippen molar-refractivity contribution in [3.8, 4) is 0 Å². The van der Waals surface area contributed by atoms with E-state index in [1.54, 1.807) is 0 Å². The summed E-state index contributed by atoms with van der Waals surface area (Å²) < 4.78 is 2.93. The van der Waals surface area contributed by atoms with Gasteiger partial charge in [0.1, 0.15) is 4.47 Å². The quantitative estimate of drug-likeness (QED) is 0.546. The maximum absolute atomic E-state index is 11.5. The van der Waals surface area contributed by atoms with Gasteiger partial charge in [-0.3, -0.25) is 10.1 Å². The number of aromatic nitrogens is 2. The molecule has 0 unspecified atom stereocenters. The molecule has 0 radical (unpaired) electrons. The monoisotopic (exact) mass is 446 g/mol. The van der Waals surface area contributed by atoms with Gasteiger partial charge in [0, 0.05) is 36.7 Å². The van der Waals surface area contributed by atoms with Crippen molar-refractivity contribution < 1.29 is 4.92 Å². The van der Waals surface area contributed by atoms with Crippen LogP contribution in [0.1, 0.15) is 6.42 Å². The minimum absolute atomic E-state index is 0.0464. The average Bonchev–Trinajstić information content (AvgIpc) is 3.05. The molecule has 1 atom stereocenters. The lowest BCUT2D eigenvalue weighted by Crippen LogP contribution is -2.29. The van der Waals surface area contributed by atoms with Crippen LogP contribution < -0.4 is 16.4 Å². The maximum Gasteiger partial charge on any atom is 0.312 e. The first-order valence-corrected chi connectivity index (χ1v) is 8.75. The number of halogens is 2. The third-order valence-electron chi connectivity index (χ3n) is 3.93. The van der Waals surface area contributed by atoms with Crippen molar-refractivity contribution in [1.82, 2.24) is 9.55 Å². The van der Waals surface area contributed by atoms with Gasteiger partial charge in [-0.2, -0.15) is 0 Å². The summed E-state index contributed by atoms with van der Waals surface area (Å²) in [5.74, 6) is 0.687. The number of nitrogens with two attached hydrogens (primary N) is 2. The van der Waals surface area contributed by atoms with Crippen molar-refractivity contribution in [3.05, 3.63) is 25.1 Å². The molecule has 0 aliphatic carbocycles. The molecule has 23 heavy (non-hydrogen) atoms. The number of hydrogen-bond acceptors (Lipinski definition) is 6. The molecule has 0 bridgehead atoms. The molecular formula is C13H16Br2N6O2. The van der Waals surface area contributed by atoms with Crippen LogP contribution in [0.4, 0.5) is 11.6 Å². The molecule has 1 aromatic heterocycles. The standard InChI is InChI=1S/C13H16Br2N6O2/c14-8-5-9-11(12(10(8)15)21(22)23)18-13(20(9)4-2-16)19-3-1-7(17)6-19/h5,7H,1-4,6,16-17H2/t7-/m0/s1. The minimum Gasteiger partial charge on any atom is -0.341 e. The fourth-order valence-corrected chi connectivity index (χ4v) is 3.75. The Morgan fingerprint density at radius 2 is 2.22 bits per heavy atom. The molecule has 2 heterocycles. The molecule has 4 N–H and O–H groups in total. The van der Waals surface area contributed by atoms with E-state index in [9.17, 15) is 10.1 Å². The Morgan fingerprint density at radius 1 is 1.48 bits per heavy atom. The summed E-state index contributed by atoms with van der Waals surface area (Å²) in [6.45, 7) is 2.41. The predicted molar refractivity (Wildman–Crippen MR) is 95.6 cm³/mol. The highest BCUT2D eigenvalue weighted by Crippen LogP contribution is 2.40. The zero-order valence-electron chi connectivity index (χ0n) is 12.2. The van der Waals surface area contributed by atoms with Crippen LogP contribution in [0.3, 0.4) is 0 Å². The van der Waals surface area contributed by atoms with Crippen molar-refractivity contribution in [2.24, 2.45) is 11.5 Å². The summed E-state index contributed by atoms with van der Waals surface area (Å²) >= 11 is 6.64. The summed E-state index contributed by atoms with van der Waals surface area (Å²) in [6.07, 6.45) is 0.876. The largest absolute Gasteiger partial charge is 0.341 e. The second-order valence-electron chi connectivity index (χ2n) is 5.49. The smallest absolute Gasteiger partial charge is 0.312 e. The lowest BCUT2D eigenvalue weighted by Gasteiger charge is -2.18. The third kappa shape index (κ3) is 2.84. The Labute approximate surface area is 149 Å². The molecule has 1 aromatic carbocycles. The van der Waals surface area contributed by atoms with Crippen molar-refractivity contribution >= 4 is 54.5 Å². The molecule has 1 aliphatic heterocycles. The van der Waals surface area contributed by atoms with Gasteiger partial charge >= 0.3 is 5.69 Å². The lowest BCUT2D eigenvalue weighted by atomic mass is 10.2. The molecular weight excluding hydrogens is 432 g/mol. The summed E-state index contributed by atoms with van der Waals surface area (Å²) in [6, 6.07) is 1.92. The van der Waals surface area contributed by atoms with Gasteiger partial charge in [0.25, 0.3) is 0 Å². The van der Waals surface area contributed by atoms with Crippen molar-refractivity contribution in [2.45, 2.75) is 19.0 Å². The van der Waals surface area contributed by atoms with Gasteiger partial charge in [0.2, 0.25) is 5.95 Å². The maximum atomic E-state index is 11.5. The van der Waals surface area contributed by atoms with E-state index in [-0.39, 0.29) is 11.7 Å². The van der Waals surface area contributed by atoms with E-state index >= 15 is 0 Å². The topological polar surface area (TPSA) is 116 Å². The SMILES string of the molecule is NCCn1c(N2CC[C@H](N)C2)nc2c([N+](=O)[O-])c(Br)c(Br)cc21. The first-order chi connectivity index (χ1) is 10.9. The number of imidazole rings is 1. The van der Waals surface area contributed by atoms with Crippen LogP contribution in [0.5, 0.6) is 0 Å². The Hall–Kier alpha value is -1.23. The van der Waals surface area contributed by atoms with E-state index < -0.39 is 4.92 Å². The van der Waals surface area contributed by atoms with E-state index in [0.29, 0.717) is 45.6 Å². The van der Waals surface area contributed by atoms with Gasteiger partial charge in [-0.1, -0.05) is 0 Å². The molecule has 1 fully saturated rings. The Bertz CT molecular complexity index is 778. The van der Waals surface area contributed by atoms with E-state index in [4.69, 9.17) is 11.5 Å². The van der Waals surface area contributed by atoms with Crippen LogP contribution in [0, 0.1) is 10.1 Å². The van der Waals surface area contributed by atoms with Crippen molar-refractivity contribution in [1.29, 1.82) is 0 Å². The molecule has 124 valence electrons. The Balaban J connectivity index is 2.26. The summed E-state index contributed by atoms with van der Waals surface area (Å²) in [5.41, 5.74) is 12.7. The number of nitrogens with zero attached hydrogens (tertiary/aromatic N) is 4. The fourth-order valence-electron chi connectivity index (χ4n) is 2.90. The first kappa shape index (κ1) is 16.6. The third-order valence-corrected chi connectivity index (χ3v) is 5.90. The summed E-state index contributed by atoms with van der Waals surface area (Å²) in [5, 5.41) is 11.5. The van der Waals surface area contributed by atoms with Crippen LogP contribution in [0.2, 0.25) is 0 Å². The number of fused-ring (bicyclic) bond motifs is 1. The van der Waals surface area contributed by atoms with Crippen LogP contribution in [0.25, 0.3) is 11.0 Å². The van der Waals surface area contributed by atoms with E-state index in [1.807, 2.05) is 10.6 Å². The highest BCUT2D eigenvalue weighted by molar-refractivity contribution is 9.13. The highest BCUT2D eigenvalue weighted by Gasteiger charge is 2.29. The normalized spacial score (nSPS) is 18.1. The van der Waals surface area contributed by atoms with Gasteiger partial charge in [0.05, 0.1) is 10.4 Å². The summed E-state index contributed by atoms with van der Waals surface area (Å²) in [7, 11) is 0. The van der Waals surface area contributed by atoms with Crippen molar-refractivity contribution in [2.75, 3.05) is 24.5 Å². The molecule has 0 saturated carbocycles. The van der Waals surface area contributed by atoms with Crippen LogP contribution in [-0.2, 0) is 6.54 Å². The number of anilines is 1. The van der Waals surface area contributed by atoms with Crippen molar-refractivity contribution in [3.63, 3.8) is 0 Å². The second kappa shape index (κ2) is 6.34. The fraction of sp³-hybridized carbons (Fsp3) is 0.462. The van der Waals surface area contributed by atoms with Gasteiger partial charge in [-0.15, -0.1) is 0 Å². The molecule has 2 aromatic rings. The number of nitro groups is 1. The second-order valence-corrected chi connectivity index (χ2v) is 7.14. The zero-order valence-corrected chi connectivity index (χ0v) is 15.4. The van der Waals surface area contributed by atoms with Gasteiger partial charge in [-0.05, 0) is 44.3 Å². The predicted octanol–water partition coefficient (Wildman–Crippen LogP) is 1.97. The molecule has 3 rings (SSSR count). The number of hydrogen-bond donors (Lipinski definition) is 2. The molecule has 0 spiro atoms. The molecule has 10 heteroatoms. The van der Waals surface area contributed by atoms with E-state index in [1.165, 1.54) is 0 Å². The van der Waals surface area contributed by atoms with E-state index in [0.717, 1.165) is 13.0 Å². The van der Waals surface area contributed by atoms with Gasteiger partial charge in [-0.25, -0.2) is 4.98 Å². The average molecular weight is 448 g/mol. The number of benzene rings is 1. The van der Waals surface area contributed by atoms with Crippen LogP contribution >= 0.6 is 31.9 Å². The first-order valence-electron chi connectivity index (χ1n) is 7.17. The molecule has 1 saturated heterocycles. The van der Waals surface area contributed by atoms with Gasteiger partial charge in [0.15, 0.2) is 5.52 Å². The lowest BCUT2D eigenvalue weighted by molar-refractivity contribution is -0.384. The number of rotatable bonds is 4. The highest BCUT2D eigenvalue weighted by atomic mass is 79.9. The van der Waals surface area contributed by atoms with Crippen LogP contribution in [-0.4, -0.2) is 40.2 Å². The van der Waals surface area contributed by atoms with E-state index in [2.05, 4.69) is 41.7 Å². The Morgan fingerprint density at radius 3 is 2.78 bits per heavy atom.